The van der Waals surface area contributed by atoms with Gasteiger partial charge in [0.15, 0.2) is 6.61 Å². The number of Topliss-reactive ketones (excluding diaryl/α,β-unsaturated/α-hetero) is 1. The lowest BCUT2D eigenvalue weighted by molar-refractivity contribution is -0.151. The summed E-state index contributed by atoms with van der Waals surface area (Å²) in [5.41, 5.74) is 2.35. The van der Waals surface area contributed by atoms with Crippen LogP contribution in [0.15, 0.2) is 18.2 Å². The third-order valence-electron chi connectivity index (χ3n) is 7.57. The van der Waals surface area contributed by atoms with Crippen molar-refractivity contribution < 1.29 is 29.3 Å². The van der Waals surface area contributed by atoms with Crippen LogP contribution in [0.5, 0.6) is 5.75 Å². The largest absolute Gasteiger partial charge is 0.482 e. The van der Waals surface area contributed by atoms with Crippen LogP contribution in [0.1, 0.15) is 83.3 Å². The molecule has 0 heterocycles. The van der Waals surface area contributed by atoms with Crippen molar-refractivity contribution in [2.75, 3.05) is 6.61 Å². The Kier molecular flexibility index (Phi) is 9.96. The van der Waals surface area contributed by atoms with E-state index in [0.717, 1.165) is 63.4 Å². The van der Waals surface area contributed by atoms with E-state index in [1.54, 1.807) is 6.92 Å². The number of carbonyl (C=O) groups excluding carboxylic acids is 2. The zero-order chi connectivity index (χ0) is 24.7. The van der Waals surface area contributed by atoms with Gasteiger partial charge in [0, 0.05) is 6.42 Å². The average molecular weight is 475 g/mol. The molecule has 1 fully saturated rings. The molecule has 2 N–H and O–H groups in total. The van der Waals surface area contributed by atoms with Gasteiger partial charge < -0.3 is 19.7 Å². The van der Waals surface area contributed by atoms with E-state index in [9.17, 15) is 19.8 Å². The van der Waals surface area contributed by atoms with Gasteiger partial charge in [-0.25, -0.2) is 4.79 Å². The summed E-state index contributed by atoms with van der Waals surface area (Å²) in [6, 6.07) is 5.96. The molecule has 2 aliphatic rings. The molecular weight excluding hydrogens is 432 g/mol. The fourth-order valence-electron chi connectivity index (χ4n) is 5.94. The number of hydrogen-bond acceptors (Lipinski definition) is 6. The monoisotopic (exact) mass is 474 g/mol. The fraction of sp³-hybridized carbons (Fsp3) is 0.714. The third-order valence-corrected chi connectivity index (χ3v) is 7.57. The van der Waals surface area contributed by atoms with Crippen LogP contribution in [0.2, 0.25) is 0 Å². The second-order valence-electron chi connectivity index (χ2n) is 10.4. The Labute approximate surface area is 204 Å². The highest BCUT2D eigenvalue weighted by atomic mass is 16.6. The van der Waals surface area contributed by atoms with Crippen molar-refractivity contribution in [2.24, 2.45) is 17.8 Å². The van der Waals surface area contributed by atoms with Gasteiger partial charge in [0.2, 0.25) is 0 Å². The number of ketones is 1. The average Bonchev–Trinajstić information content (AvgIpc) is 3.08. The number of unbranched alkanes of at least 4 members (excludes halogenated alkanes) is 2. The van der Waals surface area contributed by atoms with Gasteiger partial charge in [0.1, 0.15) is 17.6 Å². The molecule has 1 aromatic rings. The number of ether oxygens (including phenoxy) is 2. The number of aliphatic hydroxyl groups excluding tert-OH is 2. The number of carbonyl (C=O) groups is 2. The molecule has 0 radical (unpaired) electrons. The maximum Gasteiger partial charge on any atom is 0.344 e. The van der Waals surface area contributed by atoms with Gasteiger partial charge in [-0.3, -0.25) is 4.79 Å². The summed E-state index contributed by atoms with van der Waals surface area (Å²) < 4.78 is 11.1. The molecule has 1 unspecified atom stereocenters. The molecule has 0 saturated heterocycles. The molecule has 1 saturated carbocycles. The van der Waals surface area contributed by atoms with Crippen molar-refractivity contribution >= 4 is 11.8 Å². The van der Waals surface area contributed by atoms with Crippen LogP contribution in [0.25, 0.3) is 0 Å². The highest BCUT2D eigenvalue weighted by Crippen LogP contribution is 2.48. The topological polar surface area (TPSA) is 93.1 Å². The molecule has 34 heavy (non-hydrogen) atoms. The van der Waals surface area contributed by atoms with E-state index in [4.69, 9.17) is 9.47 Å². The van der Waals surface area contributed by atoms with E-state index in [0.29, 0.717) is 17.6 Å². The van der Waals surface area contributed by atoms with E-state index in [-0.39, 0.29) is 36.9 Å². The standard InChI is InChI=1S/C28H42O6/c1-4-5-6-9-22(30)11-12-23-24-14-20-8-7-10-27(25(20)15-21(24)16-26(23)31)33-17-28(32)34-19(3)13-18(2)29/h7-8,10,19,21-24,26,30-31H,4-6,9,11-17H2,1-3H3/t19?,21-,22-,23+,24-,26+/m0/s1. The molecule has 6 heteroatoms. The van der Waals surface area contributed by atoms with Crippen molar-refractivity contribution in [1.82, 2.24) is 0 Å². The maximum absolute atomic E-state index is 12.1. The van der Waals surface area contributed by atoms with Gasteiger partial charge in [-0.1, -0.05) is 38.3 Å². The zero-order valence-corrected chi connectivity index (χ0v) is 21.0. The first-order valence-corrected chi connectivity index (χ1v) is 13.1. The third kappa shape index (κ3) is 7.29. The molecule has 6 atom stereocenters. The molecule has 0 aromatic heterocycles. The van der Waals surface area contributed by atoms with Crippen molar-refractivity contribution in [3.05, 3.63) is 29.3 Å². The highest BCUT2D eigenvalue weighted by Gasteiger charge is 2.44. The van der Waals surface area contributed by atoms with Crippen molar-refractivity contribution in [1.29, 1.82) is 0 Å². The summed E-state index contributed by atoms with van der Waals surface area (Å²) in [4.78, 5) is 23.3. The lowest BCUT2D eigenvalue weighted by Gasteiger charge is -2.32. The molecule has 3 rings (SSSR count). The molecule has 190 valence electrons. The normalized spacial score (nSPS) is 25.2. The Hall–Kier alpha value is -1.92. The number of aliphatic hydroxyl groups is 2. The lowest BCUT2D eigenvalue weighted by Crippen LogP contribution is -2.28. The first-order valence-electron chi connectivity index (χ1n) is 13.1. The van der Waals surface area contributed by atoms with Crippen LogP contribution < -0.4 is 4.74 Å². The van der Waals surface area contributed by atoms with Crippen LogP contribution in [0.3, 0.4) is 0 Å². The van der Waals surface area contributed by atoms with Crippen molar-refractivity contribution in [3.63, 3.8) is 0 Å². The predicted molar refractivity (Wildman–Crippen MR) is 131 cm³/mol. The van der Waals surface area contributed by atoms with Gasteiger partial charge in [-0.05, 0) is 87.3 Å². The number of esters is 1. The van der Waals surface area contributed by atoms with Gasteiger partial charge in [-0.2, -0.15) is 0 Å². The second kappa shape index (κ2) is 12.7. The minimum atomic E-state index is -0.478. The van der Waals surface area contributed by atoms with Gasteiger partial charge in [-0.15, -0.1) is 0 Å². The zero-order valence-electron chi connectivity index (χ0n) is 21.0. The van der Waals surface area contributed by atoms with Gasteiger partial charge >= 0.3 is 5.97 Å². The number of benzene rings is 1. The molecule has 0 aliphatic heterocycles. The smallest absolute Gasteiger partial charge is 0.344 e. The first-order chi connectivity index (χ1) is 16.3. The molecular formula is C28H42O6. The van der Waals surface area contributed by atoms with Gasteiger partial charge in [0.25, 0.3) is 0 Å². The van der Waals surface area contributed by atoms with Crippen LogP contribution in [0.4, 0.5) is 0 Å². The minimum absolute atomic E-state index is 0.0176. The van der Waals surface area contributed by atoms with E-state index in [2.05, 4.69) is 13.0 Å². The Morgan fingerprint density at radius 2 is 1.97 bits per heavy atom. The molecule has 0 amide bonds. The predicted octanol–water partition coefficient (Wildman–Crippen LogP) is 4.41. The summed E-state index contributed by atoms with van der Waals surface area (Å²) in [6.45, 7) is 5.16. The quantitative estimate of drug-likeness (QED) is 0.325. The van der Waals surface area contributed by atoms with Crippen LogP contribution in [-0.4, -0.2) is 46.9 Å². The molecule has 2 aliphatic carbocycles. The Morgan fingerprint density at radius 3 is 2.71 bits per heavy atom. The van der Waals surface area contributed by atoms with Crippen molar-refractivity contribution in [3.8, 4) is 5.75 Å². The Bertz CT molecular complexity index is 821. The lowest BCUT2D eigenvalue weighted by atomic mass is 9.73. The van der Waals surface area contributed by atoms with E-state index in [1.165, 1.54) is 12.5 Å². The number of rotatable bonds is 13. The summed E-state index contributed by atoms with van der Waals surface area (Å²) >= 11 is 0. The van der Waals surface area contributed by atoms with E-state index >= 15 is 0 Å². The van der Waals surface area contributed by atoms with Gasteiger partial charge in [0.05, 0.1) is 12.2 Å². The van der Waals surface area contributed by atoms with E-state index in [1.807, 2.05) is 12.1 Å². The minimum Gasteiger partial charge on any atom is -0.482 e. The summed E-state index contributed by atoms with van der Waals surface area (Å²) in [6.07, 6.45) is 7.51. The van der Waals surface area contributed by atoms with Crippen molar-refractivity contribution in [2.45, 2.75) is 103 Å². The number of fused-ring (bicyclic) bond motifs is 2. The Morgan fingerprint density at radius 1 is 1.18 bits per heavy atom. The number of hydrogen-bond donors (Lipinski definition) is 2. The molecule has 0 bridgehead atoms. The van der Waals surface area contributed by atoms with Crippen LogP contribution in [-0.2, 0) is 27.2 Å². The van der Waals surface area contributed by atoms with Crippen LogP contribution >= 0.6 is 0 Å². The summed E-state index contributed by atoms with van der Waals surface area (Å²) in [7, 11) is 0. The fourth-order valence-corrected chi connectivity index (χ4v) is 5.94. The molecule has 6 nitrogen and oxygen atoms in total. The SMILES string of the molecule is CCCCC[C@H](O)CC[C@@H]1[C@H]2Cc3cccc(OCC(=O)OC(C)CC(C)=O)c3C[C@H]2C[C@H]1O. The summed E-state index contributed by atoms with van der Waals surface area (Å²) in [5, 5.41) is 21.2. The second-order valence-corrected chi connectivity index (χ2v) is 10.4. The summed E-state index contributed by atoms with van der Waals surface area (Å²) in [5.74, 6) is 1.23. The maximum atomic E-state index is 12.1. The highest BCUT2D eigenvalue weighted by molar-refractivity contribution is 5.77. The van der Waals surface area contributed by atoms with Crippen LogP contribution in [0, 0.1) is 17.8 Å². The Balaban J connectivity index is 1.57. The molecule has 1 aromatic carbocycles. The molecule has 0 spiro atoms. The van der Waals surface area contributed by atoms with E-state index < -0.39 is 12.1 Å². The first kappa shape index (κ1) is 26.7.